The minimum Gasteiger partial charge on any atom is -1.00 e. The summed E-state index contributed by atoms with van der Waals surface area (Å²) in [6.07, 6.45) is 8.25. The van der Waals surface area contributed by atoms with Crippen molar-refractivity contribution < 1.29 is 71.3 Å². The van der Waals surface area contributed by atoms with Gasteiger partial charge < -0.3 is 59.2 Å². The first-order chi connectivity index (χ1) is 8.92. The minimum absolute atomic E-state index is 0. The Balaban J connectivity index is -0.000000146. The zero-order chi connectivity index (χ0) is 12.6. The summed E-state index contributed by atoms with van der Waals surface area (Å²) in [4.78, 5) is 7.91. The fourth-order valence-electron chi connectivity index (χ4n) is 1.54. The number of hydrogen-bond acceptors (Lipinski definition) is 2. The summed E-state index contributed by atoms with van der Waals surface area (Å²) in [5.41, 5.74) is 2.09. The van der Waals surface area contributed by atoms with Crippen molar-refractivity contribution in [3.8, 4) is 0 Å². The van der Waals surface area contributed by atoms with Crippen molar-refractivity contribution >= 4 is 11.0 Å². The maximum Gasteiger partial charge on any atom is 4.00 e. The summed E-state index contributed by atoms with van der Waals surface area (Å²) < 4.78 is 1.95. The van der Waals surface area contributed by atoms with Crippen LogP contribution in [0.2, 0.25) is 0 Å². The van der Waals surface area contributed by atoms with Gasteiger partial charge in [0, 0.05) is 25.3 Å². The largest absolute Gasteiger partial charge is 4.00 e. The number of para-hydroxylation sites is 2. The van der Waals surface area contributed by atoms with Crippen molar-refractivity contribution in [1.29, 1.82) is 0 Å². The molecule has 3 nitrogen and oxygen atoms in total. The molecule has 0 fully saturated rings. The maximum atomic E-state index is 4.13. The number of allylic oxidation sites excluding steroid dienone is 1. The van der Waals surface area contributed by atoms with E-state index in [4.69, 9.17) is 0 Å². The Kier molecular flexibility index (Phi) is 23.5. The molecule has 2 heterocycles. The number of hydrogen-bond donors (Lipinski definition) is 0. The summed E-state index contributed by atoms with van der Waals surface area (Å²) in [5.74, 6) is 0. The van der Waals surface area contributed by atoms with Gasteiger partial charge in [-0.05, 0) is 12.1 Å². The zero-order valence-corrected chi connectivity index (χ0v) is 16.6. The third-order valence-corrected chi connectivity index (χ3v) is 2.34. The van der Waals surface area contributed by atoms with E-state index < -0.39 is 0 Å². The predicted molar refractivity (Wildman–Crippen MR) is 73.0 cm³/mol. The van der Waals surface area contributed by atoms with Crippen molar-refractivity contribution in [2.24, 2.45) is 0 Å². The number of pyridine rings is 1. The van der Waals surface area contributed by atoms with Crippen molar-refractivity contribution in [3.05, 3.63) is 73.8 Å². The molecular weight excluding hydrogens is 412 g/mol. The second-order valence-corrected chi connectivity index (χ2v) is 3.62. The molecule has 8 heteroatoms. The first-order valence-electron chi connectivity index (χ1n) is 5.70. The molecule has 23 heavy (non-hydrogen) atoms. The van der Waals surface area contributed by atoms with Crippen LogP contribution in [-0.4, -0.2) is 14.5 Å². The molecule has 0 radical (unpaired) electrons. The molecule has 0 bridgehead atoms. The molecular formula is C15H14Cl4N3Ti-. The molecule has 0 atom stereocenters. The van der Waals surface area contributed by atoms with Gasteiger partial charge in [-0.25, -0.2) is 0 Å². The average Bonchev–Trinajstić information content (AvgIpc) is 2.86. The Morgan fingerprint density at radius 3 is 2.04 bits per heavy atom. The number of halogens is 4. The number of benzene rings is 1. The van der Waals surface area contributed by atoms with Crippen LogP contribution >= 0.6 is 0 Å². The van der Waals surface area contributed by atoms with Gasteiger partial charge in [-0.3, -0.25) is 4.98 Å². The number of imidazole rings is 1. The first kappa shape index (κ1) is 30.3. The van der Waals surface area contributed by atoms with Crippen molar-refractivity contribution in [1.82, 2.24) is 14.5 Å². The molecule has 0 aliphatic carbocycles. The summed E-state index contributed by atoms with van der Waals surface area (Å²) in [7, 11) is 0. The van der Waals surface area contributed by atoms with Gasteiger partial charge in [-0.2, -0.15) is 0 Å². The molecule has 0 aliphatic heterocycles. The molecule has 0 unspecified atom stereocenters. The topological polar surface area (TPSA) is 30.7 Å². The van der Waals surface area contributed by atoms with Gasteiger partial charge in [0.25, 0.3) is 0 Å². The van der Waals surface area contributed by atoms with E-state index in [0.29, 0.717) is 0 Å². The van der Waals surface area contributed by atoms with Crippen molar-refractivity contribution in [2.75, 3.05) is 0 Å². The fourth-order valence-corrected chi connectivity index (χ4v) is 1.54. The van der Waals surface area contributed by atoms with Gasteiger partial charge in [-0.15, -0.1) is 18.7 Å². The second-order valence-electron chi connectivity index (χ2n) is 3.62. The molecule has 122 valence electrons. The van der Waals surface area contributed by atoms with Crippen LogP contribution in [0.3, 0.4) is 0 Å². The van der Waals surface area contributed by atoms with Crippen LogP contribution in [0, 0.1) is 6.33 Å². The van der Waals surface area contributed by atoms with E-state index >= 15 is 0 Å². The molecule has 0 saturated heterocycles. The molecule has 3 rings (SSSR count). The van der Waals surface area contributed by atoms with Crippen LogP contribution < -0.4 is 49.6 Å². The van der Waals surface area contributed by atoms with Crippen LogP contribution in [-0.2, 0) is 28.3 Å². The second kappa shape index (κ2) is 17.8. The third kappa shape index (κ3) is 10.0. The summed E-state index contributed by atoms with van der Waals surface area (Å²) in [6.45, 7) is 4.44. The molecule has 1 aromatic carbocycles. The van der Waals surface area contributed by atoms with Crippen molar-refractivity contribution in [2.45, 2.75) is 6.54 Å². The van der Waals surface area contributed by atoms with Crippen LogP contribution in [0.25, 0.3) is 11.0 Å². The van der Waals surface area contributed by atoms with E-state index in [1.54, 1.807) is 12.4 Å². The van der Waals surface area contributed by atoms with E-state index in [9.17, 15) is 0 Å². The van der Waals surface area contributed by atoms with Gasteiger partial charge in [0.2, 0.25) is 0 Å². The monoisotopic (exact) mass is 424 g/mol. The summed E-state index contributed by atoms with van der Waals surface area (Å²) in [6, 6.07) is 13.7. The molecule has 0 spiro atoms. The molecule has 3 aromatic rings. The molecule has 0 amide bonds. The maximum absolute atomic E-state index is 4.13. The van der Waals surface area contributed by atoms with E-state index in [1.165, 1.54) is 0 Å². The van der Waals surface area contributed by atoms with Crippen LogP contribution in [0.5, 0.6) is 0 Å². The Hall–Kier alpha value is -0.546. The quantitative estimate of drug-likeness (QED) is 0.232. The Bertz CT molecular complexity index is 593. The normalized spacial score (nSPS) is 7.48. The van der Waals surface area contributed by atoms with Gasteiger partial charge in [0.15, 0.2) is 0 Å². The molecule has 0 saturated carbocycles. The smallest absolute Gasteiger partial charge is 1.00 e. The van der Waals surface area contributed by atoms with E-state index in [1.807, 2.05) is 53.1 Å². The van der Waals surface area contributed by atoms with E-state index in [0.717, 1.165) is 17.6 Å². The fraction of sp³-hybridized carbons (Fsp3) is 0.0667. The molecule has 0 N–H and O–H groups in total. The standard InChI is InChI=1S/C10H9N2.C5H5N.4ClH.Ti/c1-2-7-12-8-11-9-5-3-4-6-10(9)12;1-2-4-6-5-3-1;;;;;/h2-6H,1,7H2;1-5H;4*1H;/q-1;;;;;;+4/p-4. The minimum atomic E-state index is 0. The number of fused-ring (bicyclic) bond motifs is 1. The van der Waals surface area contributed by atoms with Crippen molar-refractivity contribution in [3.63, 3.8) is 0 Å². The van der Waals surface area contributed by atoms with Crippen LogP contribution in [0.15, 0.2) is 67.5 Å². The third-order valence-electron chi connectivity index (χ3n) is 2.34. The molecule has 0 aliphatic rings. The van der Waals surface area contributed by atoms with Crippen LogP contribution in [0.4, 0.5) is 0 Å². The number of rotatable bonds is 2. The average molecular weight is 426 g/mol. The summed E-state index contributed by atoms with van der Waals surface area (Å²) >= 11 is 0. The Morgan fingerprint density at radius 2 is 1.57 bits per heavy atom. The van der Waals surface area contributed by atoms with Crippen LogP contribution in [0.1, 0.15) is 0 Å². The number of aromatic nitrogens is 3. The first-order valence-corrected chi connectivity index (χ1v) is 5.70. The predicted octanol–water partition coefficient (Wildman–Crippen LogP) is -8.88. The SMILES string of the molecule is C=CCn1[c-]nc2ccccc21.[Cl-].[Cl-].[Cl-].[Cl-].[Ti+4].c1ccncc1. The van der Waals surface area contributed by atoms with E-state index in [2.05, 4.69) is 22.9 Å². The van der Waals surface area contributed by atoms with Gasteiger partial charge in [0.1, 0.15) is 0 Å². The molecule has 2 aromatic heterocycles. The zero-order valence-electron chi connectivity index (χ0n) is 12.0. The van der Waals surface area contributed by atoms with Gasteiger partial charge in [0.05, 0.1) is 0 Å². The number of nitrogens with zero attached hydrogens (tertiary/aromatic N) is 3. The Labute approximate surface area is 176 Å². The van der Waals surface area contributed by atoms with Gasteiger partial charge in [-0.1, -0.05) is 35.3 Å². The van der Waals surface area contributed by atoms with E-state index in [-0.39, 0.29) is 71.3 Å². The summed E-state index contributed by atoms with van der Waals surface area (Å²) in [5, 5.41) is 0. The Morgan fingerprint density at radius 1 is 0.957 bits per heavy atom. The van der Waals surface area contributed by atoms with Gasteiger partial charge >= 0.3 is 21.7 Å².